The fourth-order valence-corrected chi connectivity index (χ4v) is 3.00. The van der Waals surface area contributed by atoms with Gasteiger partial charge in [-0.05, 0) is 55.7 Å². The highest BCUT2D eigenvalue weighted by Gasteiger charge is 2.13. The van der Waals surface area contributed by atoms with E-state index in [0.29, 0.717) is 24.5 Å². The van der Waals surface area contributed by atoms with Gasteiger partial charge in [0.2, 0.25) is 5.89 Å². The molecule has 3 aromatic rings. The zero-order valence-corrected chi connectivity index (χ0v) is 17.2. The van der Waals surface area contributed by atoms with Crippen LogP contribution in [0.15, 0.2) is 46.9 Å². The molecule has 0 radical (unpaired) electrons. The van der Waals surface area contributed by atoms with Crippen LogP contribution >= 0.6 is 0 Å². The molecule has 1 aromatic heterocycles. The second-order valence-corrected chi connectivity index (χ2v) is 7.14. The van der Waals surface area contributed by atoms with Crippen molar-refractivity contribution >= 4 is 11.9 Å². The van der Waals surface area contributed by atoms with E-state index < -0.39 is 0 Å². The molecule has 0 saturated carbocycles. The van der Waals surface area contributed by atoms with Gasteiger partial charge in [0.15, 0.2) is 0 Å². The summed E-state index contributed by atoms with van der Waals surface area (Å²) in [6.45, 7) is 6.95. The van der Waals surface area contributed by atoms with E-state index in [9.17, 15) is 4.79 Å². The summed E-state index contributed by atoms with van der Waals surface area (Å²) in [4.78, 5) is 12.4. The predicted molar refractivity (Wildman–Crippen MR) is 112 cm³/mol. The Morgan fingerprint density at radius 3 is 2.59 bits per heavy atom. The summed E-state index contributed by atoms with van der Waals surface area (Å²) in [5, 5.41) is 10.6. The molecule has 6 nitrogen and oxygen atoms in total. The summed E-state index contributed by atoms with van der Waals surface area (Å²) in [6.07, 6.45) is 3.86. The Hall–Kier alpha value is -3.15. The number of aryl methyl sites for hydroxylation is 2. The number of carbonyl (C=O) groups excluding carboxylic acids is 1. The molecule has 29 heavy (non-hydrogen) atoms. The van der Waals surface area contributed by atoms with E-state index in [1.807, 2.05) is 0 Å². The first-order chi connectivity index (χ1) is 14.0. The van der Waals surface area contributed by atoms with E-state index in [1.165, 1.54) is 11.1 Å². The van der Waals surface area contributed by atoms with Crippen LogP contribution in [-0.2, 0) is 6.42 Å². The minimum absolute atomic E-state index is 0.0923. The van der Waals surface area contributed by atoms with Crippen molar-refractivity contribution in [2.24, 2.45) is 0 Å². The number of hydrogen-bond acceptors (Lipinski definition) is 5. The molecule has 0 saturated heterocycles. The van der Waals surface area contributed by atoms with Gasteiger partial charge in [0.25, 0.3) is 5.91 Å². The molecule has 1 N–H and O–H groups in total. The second kappa shape index (κ2) is 9.87. The van der Waals surface area contributed by atoms with Crippen molar-refractivity contribution in [1.29, 1.82) is 0 Å². The number of rotatable bonds is 9. The largest absolute Gasteiger partial charge is 0.494 e. The van der Waals surface area contributed by atoms with Gasteiger partial charge in [-0.2, -0.15) is 0 Å². The minimum atomic E-state index is -0.302. The molecule has 0 fully saturated rings. The normalized spacial score (nSPS) is 10.7. The highest BCUT2D eigenvalue weighted by molar-refractivity contribution is 6.03. The fraction of sp³-hybridized carbons (Fsp3) is 0.348. The Morgan fingerprint density at radius 2 is 1.86 bits per heavy atom. The first kappa shape index (κ1) is 20.6. The predicted octanol–water partition coefficient (Wildman–Crippen LogP) is 5.10. The van der Waals surface area contributed by atoms with E-state index in [2.05, 4.69) is 54.5 Å². The lowest BCUT2D eigenvalue weighted by atomic mass is 10.0. The van der Waals surface area contributed by atoms with Gasteiger partial charge in [-0.3, -0.25) is 10.1 Å². The van der Waals surface area contributed by atoms with Crippen molar-refractivity contribution in [2.75, 3.05) is 11.9 Å². The summed E-state index contributed by atoms with van der Waals surface area (Å²) in [5.41, 5.74) is 4.00. The molecule has 0 spiro atoms. The summed E-state index contributed by atoms with van der Waals surface area (Å²) < 4.78 is 11.3. The Bertz CT molecular complexity index is 948. The average molecular weight is 393 g/mol. The van der Waals surface area contributed by atoms with Gasteiger partial charge in [0.1, 0.15) is 5.75 Å². The molecule has 0 aliphatic rings. The van der Waals surface area contributed by atoms with Crippen molar-refractivity contribution < 1.29 is 13.9 Å². The summed E-state index contributed by atoms with van der Waals surface area (Å²) >= 11 is 0. The van der Waals surface area contributed by atoms with Crippen molar-refractivity contribution in [3.8, 4) is 5.75 Å². The SMILES string of the molecule is CCCCCOc1ccc(C(=O)Nc2nnc(Cc3ccc(C)cc3C)o2)cc1. The number of nitrogens with zero attached hydrogens (tertiary/aromatic N) is 2. The van der Waals surface area contributed by atoms with Crippen LogP contribution in [0, 0.1) is 13.8 Å². The smallest absolute Gasteiger partial charge is 0.322 e. The lowest BCUT2D eigenvalue weighted by Gasteiger charge is -2.06. The van der Waals surface area contributed by atoms with Crippen LogP contribution in [-0.4, -0.2) is 22.7 Å². The van der Waals surface area contributed by atoms with Crippen LogP contribution in [0.4, 0.5) is 6.01 Å². The van der Waals surface area contributed by atoms with Crippen LogP contribution in [0.3, 0.4) is 0 Å². The number of nitrogens with one attached hydrogen (secondary N) is 1. The lowest BCUT2D eigenvalue weighted by molar-refractivity contribution is 0.102. The maximum Gasteiger partial charge on any atom is 0.322 e. The summed E-state index contributed by atoms with van der Waals surface area (Å²) in [5.74, 6) is 0.915. The summed E-state index contributed by atoms with van der Waals surface area (Å²) in [6, 6.07) is 13.3. The Morgan fingerprint density at radius 1 is 1.07 bits per heavy atom. The van der Waals surface area contributed by atoms with Gasteiger partial charge in [0.05, 0.1) is 13.0 Å². The molecular weight excluding hydrogens is 366 g/mol. The number of aromatic nitrogens is 2. The second-order valence-electron chi connectivity index (χ2n) is 7.14. The number of ether oxygens (including phenoxy) is 1. The Balaban J connectivity index is 1.55. The monoisotopic (exact) mass is 393 g/mol. The van der Waals surface area contributed by atoms with Crippen molar-refractivity contribution in [3.63, 3.8) is 0 Å². The van der Waals surface area contributed by atoms with Crippen LogP contribution in [0.1, 0.15) is 59.1 Å². The standard InChI is InChI=1S/C23H27N3O3/c1-4-5-6-13-28-20-11-9-18(10-12-20)22(27)24-23-26-25-21(29-23)15-19-8-7-16(2)14-17(19)3/h7-12,14H,4-6,13,15H2,1-3H3,(H,24,26,27). The quantitative estimate of drug-likeness (QED) is 0.512. The molecule has 0 bridgehead atoms. The van der Waals surface area contributed by atoms with E-state index in [1.54, 1.807) is 24.3 Å². The number of unbranched alkanes of at least 4 members (excludes halogenated alkanes) is 2. The maximum atomic E-state index is 12.4. The number of amides is 1. The molecule has 6 heteroatoms. The third-order valence-electron chi connectivity index (χ3n) is 4.66. The van der Waals surface area contributed by atoms with Crippen LogP contribution in [0.2, 0.25) is 0 Å². The zero-order valence-electron chi connectivity index (χ0n) is 17.2. The van der Waals surface area contributed by atoms with Crippen molar-refractivity contribution in [3.05, 3.63) is 70.6 Å². The molecule has 0 unspecified atom stereocenters. The van der Waals surface area contributed by atoms with Gasteiger partial charge < -0.3 is 9.15 Å². The average Bonchev–Trinajstić information content (AvgIpc) is 3.15. The van der Waals surface area contributed by atoms with E-state index >= 15 is 0 Å². The number of hydrogen-bond donors (Lipinski definition) is 1. The molecule has 0 aliphatic heterocycles. The molecule has 0 atom stereocenters. The zero-order chi connectivity index (χ0) is 20.6. The Kier molecular flexibility index (Phi) is 7.00. The molecule has 1 heterocycles. The van der Waals surface area contributed by atoms with Gasteiger partial charge in [-0.1, -0.05) is 48.6 Å². The van der Waals surface area contributed by atoms with Crippen molar-refractivity contribution in [2.45, 2.75) is 46.5 Å². The van der Waals surface area contributed by atoms with Crippen LogP contribution < -0.4 is 10.1 Å². The van der Waals surface area contributed by atoms with Crippen LogP contribution in [0.25, 0.3) is 0 Å². The molecular formula is C23H27N3O3. The molecule has 152 valence electrons. The Labute approximate surface area is 171 Å². The third kappa shape index (κ3) is 5.91. The third-order valence-corrected chi connectivity index (χ3v) is 4.66. The number of carbonyl (C=O) groups is 1. The topological polar surface area (TPSA) is 77.2 Å². The highest BCUT2D eigenvalue weighted by atomic mass is 16.5. The van der Waals surface area contributed by atoms with E-state index in [4.69, 9.17) is 9.15 Å². The minimum Gasteiger partial charge on any atom is -0.494 e. The highest BCUT2D eigenvalue weighted by Crippen LogP contribution is 2.17. The molecule has 3 rings (SSSR count). The van der Waals surface area contributed by atoms with Crippen LogP contribution in [0.5, 0.6) is 5.75 Å². The number of benzene rings is 2. The maximum absolute atomic E-state index is 12.4. The number of anilines is 1. The first-order valence-corrected chi connectivity index (χ1v) is 9.98. The molecule has 1 amide bonds. The molecule has 2 aromatic carbocycles. The van der Waals surface area contributed by atoms with Gasteiger partial charge in [-0.25, -0.2) is 0 Å². The first-order valence-electron chi connectivity index (χ1n) is 9.98. The molecule has 0 aliphatic carbocycles. The fourth-order valence-electron chi connectivity index (χ4n) is 3.00. The van der Waals surface area contributed by atoms with E-state index in [0.717, 1.165) is 30.6 Å². The van der Waals surface area contributed by atoms with E-state index in [-0.39, 0.29) is 11.9 Å². The van der Waals surface area contributed by atoms with Gasteiger partial charge >= 0.3 is 6.01 Å². The van der Waals surface area contributed by atoms with Crippen molar-refractivity contribution in [1.82, 2.24) is 10.2 Å². The van der Waals surface area contributed by atoms with Gasteiger partial charge in [0, 0.05) is 5.56 Å². The van der Waals surface area contributed by atoms with Gasteiger partial charge in [-0.15, -0.1) is 5.10 Å². The lowest BCUT2D eigenvalue weighted by Crippen LogP contribution is -2.12. The summed E-state index contributed by atoms with van der Waals surface area (Å²) in [7, 11) is 0.